The first-order valence-electron chi connectivity index (χ1n) is 6.45. The average Bonchev–Trinajstić information content (AvgIpc) is 2.54. The number of nitrogens with two attached hydrogens (primary N) is 1. The van der Waals surface area contributed by atoms with Gasteiger partial charge >= 0.3 is 0 Å². The zero-order valence-corrected chi connectivity index (χ0v) is 10.9. The van der Waals surface area contributed by atoms with E-state index in [1.165, 1.54) is 17.5 Å². The summed E-state index contributed by atoms with van der Waals surface area (Å²) in [5.74, 6) is 1.09. The molecule has 0 aliphatic carbocycles. The summed E-state index contributed by atoms with van der Waals surface area (Å²) in [7, 11) is 0. The fourth-order valence-electron chi connectivity index (χ4n) is 2.32. The lowest BCUT2D eigenvalue weighted by atomic mass is 10.0. The van der Waals surface area contributed by atoms with Gasteiger partial charge in [-0.3, -0.25) is 0 Å². The van der Waals surface area contributed by atoms with Gasteiger partial charge in [0, 0.05) is 5.02 Å². The van der Waals surface area contributed by atoms with Gasteiger partial charge in [0.15, 0.2) is 0 Å². The molecular weight excluding hydrogens is 234 g/mol. The van der Waals surface area contributed by atoms with E-state index in [0.717, 1.165) is 56.0 Å². The predicted octanol–water partition coefficient (Wildman–Crippen LogP) is 3.34. The molecule has 0 atom stereocenters. The maximum atomic E-state index is 6.17. The normalized spacial score (nSPS) is 14.9. The number of unbranched alkanes of at least 4 members (excludes halogenated alkanes) is 1. The van der Waals surface area contributed by atoms with Crippen molar-refractivity contribution in [2.24, 2.45) is 5.73 Å². The molecule has 94 valence electrons. The van der Waals surface area contributed by atoms with Crippen LogP contribution in [0.5, 0.6) is 5.75 Å². The summed E-state index contributed by atoms with van der Waals surface area (Å²) in [5, 5.41) is 0.831. The lowest BCUT2D eigenvalue weighted by Crippen LogP contribution is -2.02. The van der Waals surface area contributed by atoms with Crippen molar-refractivity contribution in [2.75, 3.05) is 13.2 Å². The van der Waals surface area contributed by atoms with Crippen molar-refractivity contribution in [3.63, 3.8) is 0 Å². The topological polar surface area (TPSA) is 35.2 Å². The van der Waals surface area contributed by atoms with Crippen molar-refractivity contribution >= 4 is 11.6 Å². The second-order valence-electron chi connectivity index (χ2n) is 4.60. The first kappa shape index (κ1) is 12.7. The van der Waals surface area contributed by atoms with Crippen LogP contribution in [0.25, 0.3) is 0 Å². The Balaban J connectivity index is 2.20. The summed E-state index contributed by atoms with van der Waals surface area (Å²) in [5.41, 5.74) is 8.06. The zero-order valence-electron chi connectivity index (χ0n) is 10.2. The van der Waals surface area contributed by atoms with Crippen molar-refractivity contribution in [1.82, 2.24) is 0 Å². The van der Waals surface area contributed by atoms with Gasteiger partial charge in [0.2, 0.25) is 0 Å². The van der Waals surface area contributed by atoms with Crippen LogP contribution < -0.4 is 10.5 Å². The van der Waals surface area contributed by atoms with Gasteiger partial charge in [-0.2, -0.15) is 0 Å². The van der Waals surface area contributed by atoms with Gasteiger partial charge in [0.1, 0.15) is 5.75 Å². The van der Waals surface area contributed by atoms with Crippen LogP contribution in [0.4, 0.5) is 0 Å². The minimum Gasteiger partial charge on any atom is -0.493 e. The number of hydrogen-bond donors (Lipinski definition) is 1. The van der Waals surface area contributed by atoms with Crippen molar-refractivity contribution in [2.45, 2.75) is 38.5 Å². The molecule has 1 heterocycles. The first-order chi connectivity index (χ1) is 8.31. The van der Waals surface area contributed by atoms with Crippen LogP contribution >= 0.6 is 11.6 Å². The number of halogens is 1. The Hall–Kier alpha value is -0.730. The van der Waals surface area contributed by atoms with Gasteiger partial charge in [0.05, 0.1) is 6.61 Å². The first-order valence-corrected chi connectivity index (χ1v) is 6.83. The third kappa shape index (κ3) is 3.36. The number of ether oxygens (including phenoxy) is 1. The molecule has 1 aliphatic heterocycles. The Morgan fingerprint density at radius 1 is 1.24 bits per heavy atom. The van der Waals surface area contributed by atoms with Gasteiger partial charge in [-0.05, 0) is 68.3 Å². The smallest absolute Gasteiger partial charge is 0.125 e. The fourth-order valence-corrected chi connectivity index (χ4v) is 2.58. The van der Waals surface area contributed by atoms with Gasteiger partial charge in [-0.15, -0.1) is 0 Å². The van der Waals surface area contributed by atoms with E-state index in [4.69, 9.17) is 22.1 Å². The van der Waals surface area contributed by atoms with Crippen molar-refractivity contribution in [1.29, 1.82) is 0 Å². The lowest BCUT2D eigenvalue weighted by molar-refractivity contribution is 0.313. The predicted molar refractivity (Wildman–Crippen MR) is 71.9 cm³/mol. The monoisotopic (exact) mass is 253 g/mol. The molecule has 1 aliphatic rings. The maximum absolute atomic E-state index is 6.17. The van der Waals surface area contributed by atoms with Crippen molar-refractivity contribution in [3.8, 4) is 5.75 Å². The molecule has 2 rings (SSSR count). The highest BCUT2D eigenvalue weighted by Gasteiger charge is 2.14. The molecule has 0 fully saturated rings. The Bertz CT molecular complexity index is 379. The van der Waals surface area contributed by atoms with Gasteiger partial charge < -0.3 is 10.5 Å². The molecule has 17 heavy (non-hydrogen) atoms. The summed E-state index contributed by atoms with van der Waals surface area (Å²) < 4.78 is 5.88. The molecule has 0 spiro atoms. The highest BCUT2D eigenvalue weighted by atomic mass is 35.5. The molecule has 1 aromatic rings. The van der Waals surface area contributed by atoms with Crippen LogP contribution in [0, 0.1) is 0 Å². The Morgan fingerprint density at radius 3 is 2.94 bits per heavy atom. The summed E-state index contributed by atoms with van der Waals surface area (Å²) in [6, 6.07) is 4.09. The molecule has 0 amide bonds. The van der Waals surface area contributed by atoms with Crippen LogP contribution in [0.2, 0.25) is 5.02 Å². The van der Waals surface area contributed by atoms with E-state index in [0.29, 0.717) is 0 Å². The average molecular weight is 254 g/mol. The van der Waals surface area contributed by atoms with Gasteiger partial charge in [0.25, 0.3) is 0 Å². The van der Waals surface area contributed by atoms with E-state index >= 15 is 0 Å². The second kappa shape index (κ2) is 6.27. The quantitative estimate of drug-likeness (QED) is 0.836. The summed E-state index contributed by atoms with van der Waals surface area (Å²) in [4.78, 5) is 0. The fraction of sp³-hybridized carbons (Fsp3) is 0.571. The number of benzene rings is 1. The highest BCUT2D eigenvalue weighted by molar-refractivity contribution is 6.30. The van der Waals surface area contributed by atoms with E-state index in [1.807, 2.05) is 6.07 Å². The Kier molecular flexibility index (Phi) is 4.69. The number of fused-ring (bicyclic) bond motifs is 1. The van der Waals surface area contributed by atoms with E-state index in [2.05, 4.69) is 6.07 Å². The van der Waals surface area contributed by atoms with Gasteiger partial charge in [-0.1, -0.05) is 11.6 Å². The molecule has 2 nitrogen and oxygen atoms in total. The van der Waals surface area contributed by atoms with Crippen LogP contribution in [0.1, 0.15) is 36.8 Å². The van der Waals surface area contributed by atoms with Crippen LogP contribution in [-0.4, -0.2) is 13.2 Å². The zero-order chi connectivity index (χ0) is 12.1. The third-order valence-electron chi connectivity index (χ3n) is 3.19. The minimum absolute atomic E-state index is 0.754. The number of aryl methyl sites for hydroxylation is 2. The Morgan fingerprint density at radius 2 is 2.12 bits per heavy atom. The third-order valence-corrected chi connectivity index (χ3v) is 3.41. The Labute approximate surface area is 108 Å². The largest absolute Gasteiger partial charge is 0.493 e. The maximum Gasteiger partial charge on any atom is 0.125 e. The molecule has 3 heteroatoms. The molecule has 0 unspecified atom stereocenters. The number of rotatable bonds is 4. The molecule has 1 aromatic carbocycles. The summed E-state index contributed by atoms with van der Waals surface area (Å²) in [6.07, 6.45) is 6.58. The SMILES string of the molecule is NCCCCc1cc(Cl)cc2c1OCCCC2. The van der Waals surface area contributed by atoms with Crippen molar-refractivity contribution in [3.05, 3.63) is 28.3 Å². The lowest BCUT2D eigenvalue weighted by Gasteiger charge is -2.13. The molecule has 0 saturated carbocycles. The summed E-state index contributed by atoms with van der Waals surface area (Å²) >= 11 is 6.17. The van der Waals surface area contributed by atoms with Gasteiger partial charge in [-0.25, -0.2) is 0 Å². The van der Waals surface area contributed by atoms with Crippen LogP contribution in [0.15, 0.2) is 12.1 Å². The molecule has 2 N–H and O–H groups in total. The van der Waals surface area contributed by atoms with E-state index < -0.39 is 0 Å². The standard InChI is InChI=1S/C14H20ClNO/c15-13-9-11(5-1-3-7-16)14-12(10-13)6-2-4-8-17-14/h9-10H,1-8,16H2. The minimum atomic E-state index is 0.754. The van der Waals surface area contributed by atoms with E-state index in [-0.39, 0.29) is 0 Å². The summed E-state index contributed by atoms with van der Waals surface area (Å²) in [6.45, 7) is 1.59. The van der Waals surface area contributed by atoms with E-state index in [9.17, 15) is 0 Å². The molecular formula is C14H20ClNO. The molecule has 0 saturated heterocycles. The molecule has 0 radical (unpaired) electrons. The van der Waals surface area contributed by atoms with Crippen LogP contribution in [-0.2, 0) is 12.8 Å². The van der Waals surface area contributed by atoms with Crippen LogP contribution in [0.3, 0.4) is 0 Å². The molecule has 0 aromatic heterocycles. The van der Waals surface area contributed by atoms with E-state index in [1.54, 1.807) is 0 Å². The second-order valence-corrected chi connectivity index (χ2v) is 5.04. The van der Waals surface area contributed by atoms with Crippen molar-refractivity contribution < 1.29 is 4.74 Å². The molecule has 0 bridgehead atoms. The highest BCUT2D eigenvalue weighted by Crippen LogP contribution is 2.32. The number of hydrogen-bond acceptors (Lipinski definition) is 2.